The molecule has 23 heavy (non-hydrogen) atoms. The van der Waals surface area contributed by atoms with Crippen LogP contribution in [0.25, 0.3) is 10.2 Å². The van der Waals surface area contributed by atoms with Gasteiger partial charge in [0, 0.05) is 38.6 Å². The smallest absolute Gasteiger partial charge is 0.315 e. The van der Waals surface area contributed by atoms with E-state index in [1.165, 1.54) is 11.3 Å². The number of hydrogen-bond donors (Lipinski definition) is 0. The van der Waals surface area contributed by atoms with Crippen LogP contribution in [0.15, 0.2) is 29.5 Å². The quantitative estimate of drug-likeness (QED) is 0.732. The van der Waals surface area contributed by atoms with Crippen LogP contribution in [0.4, 0.5) is 0 Å². The summed E-state index contributed by atoms with van der Waals surface area (Å²) in [5.41, 5.74) is 0.916. The second-order valence-corrected chi connectivity index (χ2v) is 5.91. The van der Waals surface area contributed by atoms with Crippen LogP contribution < -0.4 is 14.3 Å². The van der Waals surface area contributed by atoms with E-state index in [1.807, 2.05) is 23.7 Å². The van der Waals surface area contributed by atoms with Crippen LogP contribution in [0.5, 0.6) is 11.5 Å². The van der Waals surface area contributed by atoms with Crippen molar-refractivity contribution in [2.75, 3.05) is 14.2 Å². The number of amides is 1. The molecule has 0 aliphatic heterocycles. The molecule has 8 heteroatoms. The summed E-state index contributed by atoms with van der Waals surface area (Å²) in [7, 11) is 6.80. The molecule has 3 rings (SSSR count). The van der Waals surface area contributed by atoms with Gasteiger partial charge in [0.05, 0.1) is 24.4 Å². The van der Waals surface area contributed by atoms with Gasteiger partial charge in [-0.25, -0.2) is 4.98 Å². The summed E-state index contributed by atoms with van der Waals surface area (Å²) < 4.78 is 15.1. The van der Waals surface area contributed by atoms with Gasteiger partial charge in [-0.15, -0.1) is 0 Å². The summed E-state index contributed by atoms with van der Waals surface area (Å²) >= 11 is 1.41. The predicted octanol–water partition coefficient (Wildman–Crippen LogP) is 1.73. The van der Waals surface area contributed by atoms with E-state index in [-0.39, 0.29) is 5.91 Å². The highest BCUT2D eigenvalue weighted by atomic mass is 32.1. The van der Waals surface area contributed by atoms with Crippen molar-refractivity contribution < 1.29 is 14.3 Å². The number of methoxy groups -OCH3 is 2. The van der Waals surface area contributed by atoms with Crippen LogP contribution in [-0.2, 0) is 14.1 Å². The highest BCUT2D eigenvalue weighted by molar-refractivity contribution is 7.16. The van der Waals surface area contributed by atoms with Crippen LogP contribution in [-0.4, -0.2) is 34.2 Å². The average Bonchev–Trinajstić information content (AvgIpc) is 3.10. The first kappa shape index (κ1) is 15.3. The highest BCUT2D eigenvalue weighted by Crippen LogP contribution is 2.32. The van der Waals surface area contributed by atoms with Crippen molar-refractivity contribution in [1.29, 1.82) is 0 Å². The fourth-order valence-corrected chi connectivity index (χ4v) is 3.30. The summed E-state index contributed by atoms with van der Waals surface area (Å²) in [6.45, 7) is 0. The van der Waals surface area contributed by atoms with E-state index in [0.717, 1.165) is 10.2 Å². The van der Waals surface area contributed by atoms with Gasteiger partial charge in [0.15, 0.2) is 16.3 Å². The highest BCUT2D eigenvalue weighted by Gasteiger charge is 2.13. The minimum absolute atomic E-state index is 0.303. The van der Waals surface area contributed by atoms with Crippen LogP contribution in [0, 0.1) is 0 Å². The van der Waals surface area contributed by atoms with Gasteiger partial charge in [-0.2, -0.15) is 4.99 Å². The molecule has 2 aromatic heterocycles. The molecule has 7 nitrogen and oxygen atoms in total. The SMILES string of the molecule is COc1cc2sc(=NC(=O)c3nccn3C)n(C)c2cc1OC. The Morgan fingerprint density at radius 3 is 2.52 bits per heavy atom. The summed E-state index contributed by atoms with van der Waals surface area (Å²) in [5, 5.41) is 0. The van der Waals surface area contributed by atoms with Crippen LogP contribution in [0.2, 0.25) is 0 Å². The van der Waals surface area contributed by atoms with Crippen LogP contribution in [0.1, 0.15) is 10.6 Å². The van der Waals surface area contributed by atoms with E-state index < -0.39 is 0 Å². The third kappa shape index (κ3) is 2.61. The van der Waals surface area contributed by atoms with E-state index in [4.69, 9.17) is 9.47 Å². The molecular formula is C15H16N4O3S. The summed E-state index contributed by atoms with van der Waals surface area (Å²) in [6, 6.07) is 3.75. The maximum absolute atomic E-state index is 12.3. The topological polar surface area (TPSA) is 70.6 Å². The van der Waals surface area contributed by atoms with Crippen LogP contribution >= 0.6 is 11.3 Å². The maximum Gasteiger partial charge on any atom is 0.315 e. The van der Waals surface area contributed by atoms with Gasteiger partial charge in [-0.3, -0.25) is 4.79 Å². The number of carbonyl (C=O) groups is 1. The Hall–Kier alpha value is -2.61. The van der Waals surface area contributed by atoms with E-state index >= 15 is 0 Å². The summed E-state index contributed by atoms with van der Waals surface area (Å²) in [6.07, 6.45) is 3.28. The minimum atomic E-state index is -0.376. The van der Waals surface area contributed by atoms with Gasteiger partial charge in [-0.05, 0) is 0 Å². The predicted molar refractivity (Wildman–Crippen MR) is 87.0 cm³/mol. The van der Waals surface area contributed by atoms with Crippen LogP contribution in [0.3, 0.4) is 0 Å². The molecule has 3 aromatic rings. The number of rotatable bonds is 3. The number of nitrogens with zero attached hydrogens (tertiary/aromatic N) is 4. The van der Waals surface area contributed by atoms with Gasteiger partial charge in [0.25, 0.3) is 0 Å². The molecule has 0 bridgehead atoms. The van der Waals surface area contributed by atoms with Crippen molar-refractivity contribution in [2.45, 2.75) is 0 Å². The van der Waals surface area contributed by atoms with Gasteiger partial charge in [-0.1, -0.05) is 11.3 Å². The number of thiazole rings is 1. The Kier molecular flexibility index (Phi) is 3.91. The Bertz CT molecular complexity index is 951. The summed E-state index contributed by atoms with van der Waals surface area (Å²) in [4.78, 5) is 21.1. The molecule has 0 N–H and O–H groups in total. The lowest BCUT2D eigenvalue weighted by molar-refractivity contribution is 0.0985. The Morgan fingerprint density at radius 2 is 1.91 bits per heavy atom. The molecule has 0 radical (unpaired) electrons. The number of ether oxygens (including phenoxy) is 2. The molecular weight excluding hydrogens is 316 g/mol. The molecule has 0 fully saturated rings. The lowest BCUT2D eigenvalue weighted by Gasteiger charge is -2.07. The molecule has 0 spiro atoms. The average molecular weight is 332 g/mol. The standard InChI is InChI=1S/C15H16N4O3S/c1-18-6-5-16-13(18)14(20)17-15-19(2)9-7-10(21-3)11(22-4)8-12(9)23-15/h5-8H,1-4H3. The number of fused-ring (bicyclic) bond motifs is 1. The van der Waals surface area contributed by atoms with Crippen molar-refractivity contribution >= 4 is 27.5 Å². The molecule has 0 aliphatic carbocycles. The van der Waals surface area contributed by atoms with E-state index in [0.29, 0.717) is 22.1 Å². The van der Waals surface area contributed by atoms with Gasteiger partial charge in [0.1, 0.15) is 0 Å². The fraction of sp³-hybridized carbons (Fsp3) is 0.267. The number of benzene rings is 1. The third-order valence-corrected chi connectivity index (χ3v) is 4.62. The number of aromatic nitrogens is 3. The molecule has 0 saturated carbocycles. The van der Waals surface area contributed by atoms with E-state index in [2.05, 4.69) is 9.98 Å². The first-order valence-corrected chi connectivity index (χ1v) is 7.64. The lowest BCUT2D eigenvalue weighted by atomic mass is 10.3. The number of aryl methyl sites for hydroxylation is 2. The molecule has 2 heterocycles. The zero-order valence-electron chi connectivity index (χ0n) is 13.2. The first-order chi connectivity index (χ1) is 11.0. The third-order valence-electron chi connectivity index (χ3n) is 3.52. The zero-order valence-corrected chi connectivity index (χ0v) is 14.0. The molecule has 1 amide bonds. The first-order valence-electron chi connectivity index (χ1n) is 6.83. The van der Waals surface area contributed by atoms with Gasteiger partial charge in [0.2, 0.25) is 5.82 Å². The van der Waals surface area contributed by atoms with Crippen molar-refractivity contribution in [3.8, 4) is 11.5 Å². The monoisotopic (exact) mass is 332 g/mol. The van der Waals surface area contributed by atoms with Crippen molar-refractivity contribution in [2.24, 2.45) is 19.1 Å². The molecule has 0 atom stereocenters. The molecule has 0 saturated heterocycles. The number of carbonyl (C=O) groups excluding carboxylic acids is 1. The summed E-state index contributed by atoms with van der Waals surface area (Å²) in [5.74, 6) is 1.20. The molecule has 1 aromatic carbocycles. The number of imidazole rings is 1. The minimum Gasteiger partial charge on any atom is -0.493 e. The largest absolute Gasteiger partial charge is 0.493 e. The van der Waals surface area contributed by atoms with Crippen molar-refractivity contribution in [3.05, 3.63) is 35.2 Å². The zero-order chi connectivity index (χ0) is 16.6. The Labute approximate surface area is 136 Å². The van der Waals surface area contributed by atoms with E-state index in [1.54, 1.807) is 38.2 Å². The van der Waals surface area contributed by atoms with Gasteiger partial charge < -0.3 is 18.6 Å². The van der Waals surface area contributed by atoms with Crippen molar-refractivity contribution in [3.63, 3.8) is 0 Å². The molecule has 120 valence electrons. The van der Waals surface area contributed by atoms with E-state index in [9.17, 15) is 4.79 Å². The van der Waals surface area contributed by atoms with Gasteiger partial charge >= 0.3 is 5.91 Å². The second-order valence-electron chi connectivity index (χ2n) is 4.90. The molecule has 0 aliphatic rings. The van der Waals surface area contributed by atoms with Crippen molar-refractivity contribution in [1.82, 2.24) is 14.1 Å². The Morgan fingerprint density at radius 1 is 1.22 bits per heavy atom. The lowest BCUT2D eigenvalue weighted by Crippen LogP contribution is -2.15. The second kappa shape index (κ2) is 5.88. The number of hydrogen-bond acceptors (Lipinski definition) is 5. The Balaban J connectivity index is 2.15. The normalized spacial score (nSPS) is 11.9. The molecule has 0 unspecified atom stereocenters. The maximum atomic E-state index is 12.3. The fourth-order valence-electron chi connectivity index (χ4n) is 2.27.